The van der Waals surface area contributed by atoms with Gasteiger partial charge in [0.2, 0.25) is 0 Å². The van der Waals surface area contributed by atoms with E-state index in [2.05, 4.69) is 13.0 Å². The van der Waals surface area contributed by atoms with Gasteiger partial charge in [0.1, 0.15) is 0 Å². The second kappa shape index (κ2) is 2.70. The van der Waals surface area contributed by atoms with E-state index in [4.69, 9.17) is 9.47 Å². The largest absolute Gasteiger partial charge is 0.493 e. The van der Waals surface area contributed by atoms with Crippen LogP contribution in [0.4, 0.5) is 0 Å². The number of hydrogen-bond donors (Lipinski definition) is 0. The van der Waals surface area contributed by atoms with Crippen molar-refractivity contribution in [3.8, 4) is 11.5 Å². The van der Waals surface area contributed by atoms with Gasteiger partial charge in [-0.3, -0.25) is 0 Å². The summed E-state index contributed by atoms with van der Waals surface area (Å²) in [5.74, 6) is 1.80. The molecule has 0 atom stereocenters. The highest BCUT2D eigenvalue weighted by atomic mass is 16.5. The van der Waals surface area contributed by atoms with Crippen LogP contribution in [0.1, 0.15) is 11.1 Å². The molecule has 1 aliphatic heterocycles. The van der Waals surface area contributed by atoms with Crippen molar-refractivity contribution < 1.29 is 9.47 Å². The van der Waals surface area contributed by atoms with E-state index in [1.165, 1.54) is 11.1 Å². The standard InChI is InChI=1S/C10H12O2/c1-7-5-8-3-4-12-10(8)9(6-7)11-2/h5-6H,3-4H2,1-2H3. The number of ether oxygens (including phenoxy) is 2. The van der Waals surface area contributed by atoms with Crippen molar-refractivity contribution in [2.75, 3.05) is 13.7 Å². The minimum Gasteiger partial charge on any atom is -0.493 e. The van der Waals surface area contributed by atoms with E-state index in [1.54, 1.807) is 7.11 Å². The lowest BCUT2D eigenvalue weighted by Crippen LogP contribution is -1.90. The lowest BCUT2D eigenvalue weighted by molar-refractivity contribution is 0.326. The quantitative estimate of drug-likeness (QED) is 0.631. The first kappa shape index (κ1) is 7.47. The second-order valence-corrected chi connectivity index (χ2v) is 3.05. The molecule has 0 aliphatic carbocycles. The first-order chi connectivity index (χ1) is 5.81. The van der Waals surface area contributed by atoms with Gasteiger partial charge in [0.05, 0.1) is 13.7 Å². The number of hydrogen-bond acceptors (Lipinski definition) is 2. The molecule has 1 aromatic carbocycles. The predicted molar refractivity (Wildman–Crippen MR) is 46.9 cm³/mol. The van der Waals surface area contributed by atoms with Crippen molar-refractivity contribution >= 4 is 0 Å². The smallest absolute Gasteiger partial charge is 0.164 e. The van der Waals surface area contributed by atoms with Gasteiger partial charge in [-0.2, -0.15) is 0 Å². The van der Waals surface area contributed by atoms with E-state index in [0.29, 0.717) is 0 Å². The Balaban J connectivity index is 2.55. The van der Waals surface area contributed by atoms with Gasteiger partial charge >= 0.3 is 0 Å². The highest BCUT2D eigenvalue weighted by molar-refractivity contribution is 5.51. The van der Waals surface area contributed by atoms with Crippen LogP contribution in [0.25, 0.3) is 0 Å². The number of benzene rings is 1. The molecule has 0 radical (unpaired) electrons. The highest BCUT2D eigenvalue weighted by Crippen LogP contribution is 2.36. The minimum atomic E-state index is 0.787. The van der Waals surface area contributed by atoms with Crippen molar-refractivity contribution in [2.24, 2.45) is 0 Å². The van der Waals surface area contributed by atoms with Crippen molar-refractivity contribution in [1.29, 1.82) is 0 Å². The summed E-state index contributed by atoms with van der Waals surface area (Å²) in [4.78, 5) is 0. The zero-order valence-corrected chi connectivity index (χ0v) is 7.39. The molecular weight excluding hydrogens is 152 g/mol. The lowest BCUT2D eigenvalue weighted by atomic mass is 10.1. The van der Waals surface area contributed by atoms with Crippen LogP contribution in [0.15, 0.2) is 12.1 Å². The van der Waals surface area contributed by atoms with Crippen LogP contribution in [-0.2, 0) is 6.42 Å². The van der Waals surface area contributed by atoms with Gasteiger partial charge in [-0.25, -0.2) is 0 Å². The fraction of sp³-hybridized carbons (Fsp3) is 0.400. The maximum atomic E-state index is 5.45. The van der Waals surface area contributed by atoms with Crippen LogP contribution in [0.3, 0.4) is 0 Å². The fourth-order valence-corrected chi connectivity index (χ4v) is 1.58. The molecule has 0 bridgehead atoms. The number of rotatable bonds is 1. The van der Waals surface area contributed by atoms with Crippen molar-refractivity contribution in [2.45, 2.75) is 13.3 Å². The molecule has 2 rings (SSSR count). The normalized spacial score (nSPS) is 13.8. The van der Waals surface area contributed by atoms with E-state index >= 15 is 0 Å². The minimum absolute atomic E-state index is 0.787. The number of aryl methyl sites for hydroxylation is 1. The molecule has 1 aromatic rings. The van der Waals surface area contributed by atoms with Crippen LogP contribution in [-0.4, -0.2) is 13.7 Å². The molecule has 2 nitrogen and oxygen atoms in total. The topological polar surface area (TPSA) is 18.5 Å². The van der Waals surface area contributed by atoms with Crippen LogP contribution >= 0.6 is 0 Å². The Morgan fingerprint density at radius 2 is 2.25 bits per heavy atom. The molecule has 1 aliphatic rings. The lowest BCUT2D eigenvalue weighted by Gasteiger charge is -2.07. The average Bonchev–Trinajstić information content (AvgIpc) is 2.50. The summed E-state index contributed by atoms with van der Waals surface area (Å²) < 4.78 is 10.7. The Morgan fingerprint density at radius 1 is 1.42 bits per heavy atom. The van der Waals surface area contributed by atoms with Gasteiger partial charge in [-0.1, -0.05) is 6.07 Å². The molecule has 0 fully saturated rings. The predicted octanol–water partition coefficient (Wildman–Crippen LogP) is 1.94. The van der Waals surface area contributed by atoms with Crippen LogP contribution in [0.5, 0.6) is 11.5 Å². The molecule has 0 spiro atoms. The third kappa shape index (κ3) is 1.04. The first-order valence-electron chi connectivity index (χ1n) is 4.11. The summed E-state index contributed by atoms with van der Waals surface area (Å²) in [5.41, 5.74) is 2.50. The van der Waals surface area contributed by atoms with Crippen LogP contribution in [0, 0.1) is 6.92 Å². The summed E-state index contributed by atoms with van der Waals surface area (Å²) in [7, 11) is 1.68. The SMILES string of the molecule is COc1cc(C)cc2c1OCC2. The van der Waals surface area contributed by atoms with E-state index in [9.17, 15) is 0 Å². The molecule has 0 aromatic heterocycles. The van der Waals surface area contributed by atoms with Crippen molar-refractivity contribution in [3.63, 3.8) is 0 Å². The van der Waals surface area contributed by atoms with Gasteiger partial charge in [-0.15, -0.1) is 0 Å². The average molecular weight is 164 g/mol. The molecule has 12 heavy (non-hydrogen) atoms. The molecule has 1 heterocycles. The highest BCUT2D eigenvalue weighted by Gasteiger charge is 2.17. The van der Waals surface area contributed by atoms with E-state index in [-0.39, 0.29) is 0 Å². The van der Waals surface area contributed by atoms with Gasteiger partial charge in [0.15, 0.2) is 11.5 Å². The van der Waals surface area contributed by atoms with E-state index in [0.717, 1.165) is 24.5 Å². The van der Waals surface area contributed by atoms with Crippen LogP contribution < -0.4 is 9.47 Å². The van der Waals surface area contributed by atoms with Gasteiger partial charge < -0.3 is 9.47 Å². The summed E-state index contributed by atoms with van der Waals surface area (Å²) in [6, 6.07) is 4.16. The molecular formula is C10H12O2. The zero-order valence-electron chi connectivity index (χ0n) is 7.39. The monoisotopic (exact) mass is 164 g/mol. The fourth-order valence-electron chi connectivity index (χ4n) is 1.58. The maximum Gasteiger partial charge on any atom is 0.164 e. The summed E-state index contributed by atoms with van der Waals surface area (Å²) >= 11 is 0. The van der Waals surface area contributed by atoms with Gasteiger partial charge in [0, 0.05) is 12.0 Å². The Kier molecular flexibility index (Phi) is 1.68. The van der Waals surface area contributed by atoms with E-state index < -0.39 is 0 Å². The molecule has 0 saturated carbocycles. The molecule has 0 N–H and O–H groups in total. The Morgan fingerprint density at radius 3 is 3.00 bits per heavy atom. The molecule has 64 valence electrons. The number of methoxy groups -OCH3 is 1. The van der Waals surface area contributed by atoms with Gasteiger partial charge in [-0.05, 0) is 18.6 Å². The zero-order chi connectivity index (χ0) is 8.55. The maximum absolute atomic E-state index is 5.45. The third-order valence-electron chi connectivity index (χ3n) is 2.11. The summed E-state index contributed by atoms with van der Waals surface area (Å²) in [5, 5.41) is 0. The molecule has 0 saturated heterocycles. The third-order valence-corrected chi connectivity index (χ3v) is 2.11. The summed E-state index contributed by atoms with van der Waals surface area (Å²) in [6.45, 7) is 2.86. The number of fused-ring (bicyclic) bond motifs is 1. The van der Waals surface area contributed by atoms with Crippen LogP contribution in [0.2, 0.25) is 0 Å². The Labute approximate surface area is 72.1 Å². The van der Waals surface area contributed by atoms with Gasteiger partial charge in [0.25, 0.3) is 0 Å². The van der Waals surface area contributed by atoms with E-state index in [1.807, 2.05) is 6.07 Å². The molecule has 0 amide bonds. The summed E-state index contributed by atoms with van der Waals surface area (Å²) in [6.07, 6.45) is 1.01. The first-order valence-corrected chi connectivity index (χ1v) is 4.11. The van der Waals surface area contributed by atoms with Crippen molar-refractivity contribution in [3.05, 3.63) is 23.3 Å². The second-order valence-electron chi connectivity index (χ2n) is 3.05. The molecule has 2 heteroatoms. The van der Waals surface area contributed by atoms with Crippen molar-refractivity contribution in [1.82, 2.24) is 0 Å². The molecule has 0 unspecified atom stereocenters. The Bertz CT molecular complexity index is 305. The Hall–Kier alpha value is -1.18.